The van der Waals surface area contributed by atoms with E-state index in [1.54, 1.807) is 7.11 Å². The number of aromatic nitrogens is 3. The molecule has 7 heteroatoms. The molecule has 2 aliphatic rings. The minimum atomic E-state index is 0.0262. The molecular formula is C27H31N5O2. The van der Waals surface area contributed by atoms with Crippen LogP contribution in [0.15, 0.2) is 48.7 Å². The fourth-order valence-electron chi connectivity index (χ4n) is 5.25. The van der Waals surface area contributed by atoms with Crippen molar-refractivity contribution in [3.05, 3.63) is 59.9 Å². The molecule has 7 nitrogen and oxygen atoms in total. The summed E-state index contributed by atoms with van der Waals surface area (Å²) in [6, 6.07) is 14.6. The number of methoxy groups -OCH3 is 1. The Balaban J connectivity index is 1.45. The van der Waals surface area contributed by atoms with Crippen LogP contribution in [0.1, 0.15) is 41.7 Å². The molecule has 1 saturated carbocycles. The number of hydrogen-bond donors (Lipinski definition) is 1. The Kier molecular flexibility index (Phi) is 5.38. The molecule has 176 valence electrons. The number of carbonyl (C=O) groups is 1. The van der Waals surface area contributed by atoms with Crippen molar-refractivity contribution in [2.24, 2.45) is 11.7 Å². The van der Waals surface area contributed by atoms with Crippen LogP contribution in [-0.2, 0) is 17.9 Å². The number of rotatable bonds is 6. The normalized spacial score (nSPS) is 18.8. The number of benzene rings is 1. The largest absolute Gasteiger partial charge is 0.378 e. The second-order valence-corrected chi connectivity index (χ2v) is 9.78. The van der Waals surface area contributed by atoms with Crippen LogP contribution in [0.25, 0.3) is 27.9 Å². The van der Waals surface area contributed by atoms with Crippen LogP contribution in [0.4, 0.5) is 0 Å². The number of fused-ring (bicyclic) bond motifs is 2. The lowest BCUT2D eigenvalue weighted by atomic mass is 10.1. The molecule has 2 fully saturated rings. The standard InChI is InChI=1S/C27H31N5O2/c1-34-17-24-26(23-13-19-5-2-3-7-22(19)32(23)15-18-8-9-18)29-25-14-20(10-12-31(24)25)27(33)30-11-4-6-21(28)16-30/h2-3,5,7,10,12-14,18,21H,4,6,8-9,11,15-17,28H2,1H3/t21-/m1/s1. The van der Waals surface area contributed by atoms with Gasteiger partial charge < -0.3 is 24.3 Å². The lowest BCUT2D eigenvalue weighted by molar-refractivity contribution is 0.0709. The molecular weight excluding hydrogens is 426 g/mol. The highest BCUT2D eigenvalue weighted by Crippen LogP contribution is 2.37. The first kappa shape index (κ1) is 21.4. The minimum Gasteiger partial charge on any atom is -0.378 e. The van der Waals surface area contributed by atoms with E-state index in [9.17, 15) is 4.79 Å². The Bertz CT molecular complexity index is 1370. The second kappa shape index (κ2) is 8.56. The van der Waals surface area contributed by atoms with Crippen molar-refractivity contribution in [1.29, 1.82) is 0 Å². The summed E-state index contributed by atoms with van der Waals surface area (Å²) in [5.41, 5.74) is 11.8. The lowest BCUT2D eigenvalue weighted by Gasteiger charge is -2.30. The molecule has 34 heavy (non-hydrogen) atoms. The summed E-state index contributed by atoms with van der Waals surface area (Å²) in [5, 5.41) is 1.22. The van der Waals surface area contributed by atoms with Gasteiger partial charge in [0.15, 0.2) is 0 Å². The van der Waals surface area contributed by atoms with Gasteiger partial charge in [-0.15, -0.1) is 0 Å². The van der Waals surface area contributed by atoms with E-state index in [1.165, 1.54) is 23.7 Å². The van der Waals surface area contributed by atoms with Crippen LogP contribution in [0, 0.1) is 5.92 Å². The average Bonchev–Trinajstić information content (AvgIpc) is 3.51. The smallest absolute Gasteiger partial charge is 0.254 e. The Morgan fingerprint density at radius 2 is 2.03 bits per heavy atom. The van der Waals surface area contributed by atoms with E-state index < -0.39 is 0 Å². The number of pyridine rings is 1. The summed E-state index contributed by atoms with van der Waals surface area (Å²) in [5.74, 6) is 0.760. The highest BCUT2D eigenvalue weighted by atomic mass is 16.5. The maximum Gasteiger partial charge on any atom is 0.254 e. The zero-order chi connectivity index (χ0) is 23.2. The number of hydrogen-bond acceptors (Lipinski definition) is 4. The number of para-hydroxylation sites is 1. The van der Waals surface area contributed by atoms with Crippen molar-refractivity contribution in [1.82, 2.24) is 18.9 Å². The lowest BCUT2D eigenvalue weighted by Crippen LogP contribution is -2.45. The fraction of sp³-hybridized carbons (Fsp3) is 0.407. The first-order chi connectivity index (χ1) is 16.6. The molecule has 1 saturated heterocycles. The van der Waals surface area contributed by atoms with Gasteiger partial charge in [0.2, 0.25) is 0 Å². The van der Waals surface area contributed by atoms with Crippen LogP contribution in [0.2, 0.25) is 0 Å². The molecule has 0 bridgehead atoms. The first-order valence-electron chi connectivity index (χ1n) is 12.3. The summed E-state index contributed by atoms with van der Waals surface area (Å²) < 4.78 is 10.1. The molecule has 0 unspecified atom stereocenters. The van der Waals surface area contributed by atoms with Gasteiger partial charge in [-0.25, -0.2) is 4.98 Å². The van der Waals surface area contributed by atoms with Crippen LogP contribution < -0.4 is 5.73 Å². The number of ether oxygens (including phenoxy) is 1. The van der Waals surface area contributed by atoms with Crippen LogP contribution in [0.3, 0.4) is 0 Å². The van der Waals surface area contributed by atoms with Crippen molar-refractivity contribution in [3.63, 3.8) is 0 Å². The number of nitrogens with two attached hydrogens (primary N) is 1. The molecule has 1 amide bonds. The zero-order valence-electron chi connectivity index (χ0n) is 19.6. The van der Waals surface area contributed by atoms with Gasteiger partial charge in [-0.2, -0.15) is 0 Å². The molecule has 0 spiro atoms. The van der Waals surface area contributed by atoms with Crippen LogP contribution >= 0.6 is 0 Å². The molecule has 4 aromatic rings. The second-order valence-electron chi connectivity index (χ2n) is 9.78. The van der Waals surface area contributed by atoms with Gasteiger partial charge in [0, 0.05) is 55.4 Å². The van der Waals surface area contributed by atoms with Crippen molar-refractivity contribution in [3.8, 4) is 11.4 Å². The third-order valence-electron chi connectivity index (χ3n) is 7.19. The quantitative estimate of drug-likeness (QED) is 0.473. The van der Waals surface area contributed by atoms with E-state index >= 15 is 0 Å². The number of amides is 1. The van der Waals surface area contributed by atoms with E-state index in [2.05, 4.69) is 39.3 Å². The van der Waals surface area contributed by atoms with Crippen LogP contribution in [-0.4, -0.2) is 51.0 Å². The van der Waals surface area contributed by atoms with E-state index in [0.717, 1.165) is 54.6 Å². The summed E-state index contributed by atoms with van der Waals surface area (Å²) in [7, 11) is 1.71. The van der Waals surface area contributed by atoms with Crippen LogP contribution in [0.5, 0.6) is 0 Å². The third-order valence-corrected chi connectivity index (χ3v) is 7.19. The number of imidazole rings is 1. The Hall–Kier alpha value is -3.16. The highest BCUT2D eigenvalue weighted by Gasteiger charge is 2.27. The SMILES string of the molecule is COCc1c(-c2cc3ccccc3n2CC2CC2)nc2cc(C(=O)N3CCC[C@@H](N)C3)ccn12. The van der Waals surface area contributed by atoms with Gasteiger partial charge in [0.1, 0.15) is 11.3 Å². The molecule has 6 rings (SSSR count). The number of carbonyl (C=O) groups excluding carboxylic acids is 1. The van der Waals surface area contributed by atoms with Crippen molar-refractivity contribution >= 4 is 22.5 Å². The van der Waals surface area contributed by atoms with Crippen molar-refractivity contribution < 1.29 is 9.53 Å². The Labute approximate surface area is 199 Å². The molecule has 1 aliphatic heterocycles. The zero-order valence-corrected chi connectivity index (χ0v) is 19.6. The topological polar surface area (TPSA) is 77.8 Å². The first-order valence-corrected chi connectivity index (χ1v) is 12.3. The van der Waals surface area contributed by atoms with Gasteiger partial charge in [0.25, 0.3) is 5.91 Å². The van der Waals surface area contributed by atoms with Gasteiger partial charge in [-0.05, 0) is 55.9 Å². The van der Waals surface area contributed by atoms with E-state index in [-0.39, 0.29) is 11.9 Å². The van der Waals surface area contributed by atoms with Gasteiger partial charge in [-0.3, -0.25) is 4.79 Å². The van der Waals surface area contributed by atoms with Gasteiger partial charge in [-0.1, -0.05) is 18.2 Å². The summed E-state index contributed by atoms with van der Waals surface area (Å²) in [4.78, 5) is 20.1. The number of nitrogens with zero attached hydrogens (tertiary/aromatic N) is 4. The maximum atomic E-state index is 13.2. The minimum absolute atomic E-state index is 0.0262. The predicted molar refractivity (Wildman–Crippen MR) is 133 cm³/mol. The number of likely N-dealkylation sites (tertiary alicyclic amines) is 1. The Morgan fingerprint density at radius 1 is 1.18 bits per heavy atom. The average molecular weight is 458 g/mol. The monoisotopic (exact) mass is 457 g/mol. The van der Waals surface area contributed by atoms with E-state index in [1.807, 2.05) is 23.2 Å². The molecule has 1 aliphatic carbocycles. The predicted octanol–water partition coefficient (Wildman–Crippen LogP) is 4.08. The summed E-state index contributed by atoms with van der Waals surface area (Å²) in [6.07, 6.45) is 6.44. The molecule has 1 atom stereocenters. The molecule has 4 heterocycles. The maximum absolute atomic E-state index is 13.2. The molecule has 3 aromatic heterocycles. The molecule has 0 radical (unpaired) electrons. The fourth-order valence-corrected chi connectivity index (χ4v) is 5.25. The van der Waals surface area contributed by atoms with Crippen molar-refractivity contribution in [2.75, 3.05) is 20.2 Å². The summed E-state index contributed by atoms with van der Waals surface area (Å²) in [6.45, 7) is 2.81. The molecule has 1 aromatic carbocycles. The Morgan fingerprint density at radius 3 is 2.82 bits per heavy atom. The van der Waals surface area contributed by atoms with Crippen molar-refractivity contribution in [2.45, 2.75) is 44.9 Å². The van der Waals surface area contributed by atoms with Gasteiger partial charge >= 0.3 is 0 Å². The van der Waals surface area contributed by atoms with E-state index in [0.29, 0.717) is 18.7 Å². The van der Waals surface area contributed by atoms with Gasteiger partial charge in [0.05, 0.1) is 18.0 Å². The summed E-state index contributed by atoms with van der Waals surface area (Å²) >= 11 is 0. The molecule has 2 N–H and O–H groups in total. The van der Waals surface area contributed by atoms with E-state index in [4.69, 9.17) is 15.5 Å². The number of piperidine rings is 1. The third kappa shape index (κ3) is 3.79. The highest BCUT2D eigenvalue weighted by molar-refractivity contribution is 5.95.